The smallest absolute Gasteiger partial charge is 0.142 e. The Morgan fingerprint density at radius 3 is 2.38 bits per heavy atom. The van der Waals surface area contributed by atoms with Crippen LogP contribution in [0, 0.1) is 0 Å². The van der Waals surface area contributed by atoms with Crippen LogP contribution in [-0.4, -0.2) is 17.6 Å². The average Bonchev–Trinajstić information content (AvgIpc) is 2.15. The first-order chi connectivity index (χ1) is 7.34. The Hall–Kier alpha value is -1.03. The van der Waals surface area contributed by atoms with Crippen molar-refractivity contribution in [1.82, 2.24) is 0 Å². The van der Waals surface area contributed by atoms with Gasteiger partial charge in [0, 0.05) is 6.26 Å². The van der Waals surface area contributed by atoms with E-state index in [1.807, 2.05) is 18.2 Å². The molecule has 1 N–H and O–H groups in total. The second kappa shape index (κ2) is 4.87. The molecule has 0 spiro atoms. The summed E-state index contributed by atoms with van der Waals surface area (Å²) in [6.45, 7) is 6.42. The first-order valence-corrected chi connectivity index (χ1v) is 6.69. The van der Waals surface area contributed by atoms with Gasteiger partial charge in [-0.2, -0.15) is 0 Å². The Bertz CT molecular complexity index is 396. The molecule has 0 amide bonds. The van der Waals surface area contributed by atoms with Crippen molar-refractivity contribution >= 4 is 16.7 Å². The number of nitrogens with one attached hydrogen (secondary N) is 1. The minimum atomic E-state index is -1.09. The highest BCUT2D eigenvalue weighted by Crippen LogP contribution is 2.31. The molecule has 16 heavy (non-hydrogen) atoms. The van der Waals surface area contributed by atoms with Crippen LogP contribution in [0.15, 0.2) is 18.2 Å². The third-order valence-electron chi connectivity index (χ3n) is 2.32. The van der Waals surface area contributed by atoms with Gasteiger partial charge in [-0.05, 0) is 23.1 Å². The summed E-state index contributed by atoms with van der Waals surface area (Å²) in [5, 5.41) is 0. The average molecular weight is 241 g/mol. The summed E-state index contributed by atoms with van der Waals surface area (Å²) in [5.74, 6) is 0.711. The van der Waals surface area contributed by atoms with Crippen LogP contribution >= 0.6 is 0 Å². The van der Waals surface area contributed by atoms with Crippen LogP contribution in [0.5, 0.6) is 5.75 Å². The van der Waals surface area contributed by atoms with Gasteiger partial charge in [0.2, 0.25) is 0 Å². The third-order valence-corrected chi connectivity index (χ3v) is 2.83. The van der Waals surface area contributed by atoms with E-state index in [0.29, 0.717) is 5.75 Å². The van der Waals surface area contributed by atoms with Gasteiger partial charge in [-0.25, -0.2) is 4.21 Å². The van der Waals surface area contributed by atoms with E-state index in [1.54, 1.807) is 13.4 Å². The Kier molecular flexibility index (Phi) is 3.97. The van der Waals surface area contributed by atoms with Gasteiger partial charge in [0.15, 0.2) is 0 Å². The van der Waals surface area contributed by atoms with Crippen LogP contribution in [0.4, 0.5) is 5.69 Å². The van der Waals surface area contributed by atoms with Gasteiger partial charge in [0.05, 0.1) is 12.8 Å². The number of benzene rings is 1. The van der Waals surface area contributed by atoms with E-state index in [1.165, 1.54) is 5.56 Å². The quantitative estimate of drug-likeness (QED) is 0.883. The lowest BCUT2D eigenvalue weighted by Gasteiger charge is -2.21. The maximum atomic E-state index is 11.2. The molecule has 0 bridgehead atoms. The zero-order chi connectivity index (χ0) is 12.3. The number of ether oxygens (including phenoxy) is 1. The van der Waals surface area contributed by atoms with Crippen molar-refractivity contribution in [2.45, 2.75) is 26.2 Å². The van der Waals surface area contributed by atoms with Gasteiger partial charge in [-0.3, -0.25) is 0 Å². The molecule has 0 radical (unpaired) electrons. The van der Waals surface area contributed by atoms with Gasteiger partial charge >= 0.3 is 0 Å². The number of hydrogen-bond donors (Lipinski definition) is 1. The molecule has 0 fully saturated rings. The van der Waals surface area contributed by atoms with Gasteiger partial charge in [-0.1, -0.05) is 26.8 Å². The summed E-state index contributed by atoms with van der Waals surface area (Å²) in [7, 11) is 0.514. The monoisotopic (exact) mass is 241 g/mol. The van der Waals surface area contributed by atoms with E-state index in [4.69, 9.17) is 4.74 Å². The summed E-state index contributed by atoms with van der Waals surface area (Å²) < 4.78 is 19.3. The van der Waals surface area contributed by atoms with E-state index in [2.05, 4.69) is 25.5 Å². The van der Waals surface area contributed by atoms with Gasteiger partial charge in [0.1, 0.15) is 16.7 Å². The van der Waals surface area contributed by atoms with E-state index < -0.39 is 11.0 Å². The number of rotatable bonds is 3. The van der Waals surface area contributed by atoms with Crippen LogP contribution in [0.3, 0.4) is 0 Å². The Morgan fingerprint density at radius 2 is 1.94 bits per heavy atom. The minimum Gasteiger partial charge on any atom is -0.495 e. The van der Waals surface area contributed by atoms with Gasteiger partial charge < -0.3 is 9.46 Å². The normalized spacial score (nSPS) is 13.3. The highest BCUT2D eigenvalue weighted by molar-refractivity contribution is 7.85. The van der Waals surface area contributed by atoms with Crippen LogP contribution in [0.2, 0.25) is 0 Å². The molecule has 0 heterocycles. The number of anilines is 1. The lowest BCUT2D eigenvalue weighted by molar-refractivity contribution is 0.416. The highest BCUT2D eigenvalue weighted by atomic mass is 32.2. The maximum absolute atomic E-state index is 11.2. The summed E-state index contributed by atoms with van der Waals surface area (Å²) in [5.41, 5.74) is 2.02. The molecular weight excluding hydrogens is 222 g/mol. The summed E-state index contributed by atoms with van der Waals surface area (Å²) in [4.78, 5) is 0. The SMILES string of the molecule is COc1ccc(C(C)(C)C)cc1NS(C)=O. The molecule has 90 valence electrons. The van der Waals surface area contributed by atoms with E-state index >= 15 is 0 Å². The summed E-state index contributed by atoms with van der Waals surface area (Å²) in [6, 6.07) is 5.92. The third kappa shape index (κ3) is 3.23. The summed E-state index contributed by atoms with van der Waals surface area (Å²) in [6.07, 6.45) is 1.60. The van der Waals surface area contributed by atoms with Crippen molar-refractivity contribution in [3.8, 4) is 5.75 Å². The lowest BCUT2D eigenvalue weighted by atomic mass is 9.87. The number of hydrogen-bond acceptors (Lipinski definition) is 2. The van der Waals surface area contributed by atoms with Crippen molar-refractivity contribution < 1.29 is 8.95 Å². The molecule has 3 nitrogen and oxygen atoms in total. The predicted octanol–water partition coefficient (Wildman–Crippen LogP) is 2.70. The zero-order valence-electron chi connectivity index (χ0n) is 10.5. The van der Waals surface area contributed by atoms with Crippen LogP contribution < -0.4 is 9.46 Å². The van der Waals surface area contributed by atoms with Gasteiger partial charge in [-0.15, -0.1) is 0 Å². The highest BCUT2D eigenvalue weighted by Gasteiger charge is 2.16. The Balaban J connectivity index is 3.16. The van der Waals surface area contributed by atoms with E-state index in [-0.39, 0.29) is 5.41 Å². The molecular formula is C12H19NO2S. The fourth-order valence-corrected chi connectivity index (χ4v) is 1.88. The molecule has 1 aromatic rings. The second-order valence-corrected chi connectivity index (χ2v) is 5.83. The molecule has 4 heteroatoms. The topological polar surface area (TPSA) is 38.3 Å². The van der Waals surface area contributed by atoms with Crippen LogP contribution in [-0.2, 0) is 16.4 Å². The minimum absolute atomic E-state index is 0.0674. The van der Waals surface area contributed by atoms with Crippen LogP contribution in [0.25, 0.3) is 0 Å². The summed E-state index contributed by atoms with van der Waals surface area (Å²) >= 11 is 0. The molecule has 0 aliphatic carbocycles. The van der Waals surface area contributed by atoms with E-state index in [9.17, 15) is 4.21 Å². The molecule has 0 saturated heterocycles. The molecule has 1 rings (SSSR count). The van der Waals surface area contributed by atoms with Gasteiger partial charge in [0.25, 0.3) is 0 Å². The number of methoxy groups -OCH3 is 1. The van der Waals surface area contributed by atoms with Crippen molar-refractivity contribution in [3.05, 3.63) is 23.8 Å². The molecule has 1 atom stereocenters. The van der Waals surface area contributed by atoms with Crippen molar-refractivity contribution in [1.29, 1.82) is 0 Å². The van der Waals surface area contributed by atoms with Crippen molar-refractivity contribution in [2.24, 2.45) is 0 Å². The first kappa shape index (κ1) is 13.0. The molecule has 1 aromatic carbocycles. The maximum Gasteiger partial charge on any atom is 0.142 e. The molecule has 1 unspecified atom stereocenters. The lowest BCUT2D eigenvalue weighted by Crippen LogP contribution is -2.12. The molecule has 0 saturated carbocycles. The van der Waals surface area contributed by atoms with Crippen molar-refractivity contribution in [2.75, 3.05) is 18.1 Å². The zero-order valence-corrected chi connectivity index (χ0v) is 11.3. The Morgan fingerprint density at radius 1 is 1.31 bits per heavy atom. The standard InChI is InChI=1S/C12H19NO2S/c1-12(2,3)9-6-7-11(15-4)10(8-9)13-16(5)14/h6-8,13H,1-5H3. The molecule has 0 aromatic heterocycles. The van der Waals surface area contributed by atoms with Crippen molar-refractivity contribution in [3.63, 3.8) is 0 Å². The molecule has 0 aliphatic heterocycles. The fourth-order valence-electron chi connectivity index (χ4n) is 1.41. The first-order valence-electron chi connectivity index (χ1n) is 5.13. The van der Waals surface area contributed by atoms with E-state index in [0.717, 1.165) is 5.69 Å². The largest absolute Gasteiger partial charge is 0.495 e. The second-order valence-electron chi connectivity index (χ2n) is 4.72. The fraction of sp³-hybridized carbons (Fsp3) is 0.500. The predicted molar refractivity (Wildman–Crippen MR) is 69.4 cm³/mol. The molecule has 0 aliphatic rings. The Labute approximate surface area is 99.8 Å². The van der Waals surface area contributed by atoms with Crippen LogP contribution in [0.1, 0.15) is 26.3 Å².